The van der Waals surface area contributed by atoms with E-state index in [1.807, 2.05) is 5.48 Å². The standard InChI is InChI=1S/C9H11NO3/c1-13-9(11)8-4-2-7(3-5-8)6-10-12/h2-5,10,12H,6H2,1H3. The average molecular weight is 181 g/mol. The molecule has 0 spiro atoms. The van der Waals surface area contributed by atoms with E-state index in [9.17, 15) is 4.79 Å². The lowest BCUT2D eigenvalue weighted by atomic mass is 10.1. The largest absolute Gasteiger partial charge is 0.465 e. The molecule has 0 radical (unpaired) electrons. The van der Waals surface area contributed by atoms with Crippen molar-refractivity contribution in [3.05, 3.63) is 35.4 Å². The number of hydrogen-bond acceptors (Lipinski definition) is 4. The van der Waals surface area contributed by atoms with E-state index in [-0.39, 0.29) is 5.97 Å². The minimum absolute atomic E-state index is 0.358. The van der Waals surface area contributed by atoms with E-state index < -0.39 is 0 Å². The van der Waals surface area contributed by atoms with Crippen molar-refractivity contribution >= 4 is 5.97 Å². The molecule has 1 aromatic carbocycles. The summed E-state index contributed by atoms with van der Waals surface area (Å²) in [5.74, 6) is -0.358. The zero-order valence-electron chi connectivity index (χ0n) is 7.28. The lowest BCUT2D eigenvalue weighted by molar-refractivity contribution is 0.0600. The number of methoxy groups -OCH3 is 1. The van der Waals surface area contributed by atoms with E-state index in [1.165, 1.54) is 7.11 Å². The molecule has 70 valence electrons. The highest BCUT2D eigenvalue weighted by atomic mass is 16.5. The normalized spacial score (nSPS) is 9.69. The van der Waals surface area contributed by atoms with Gasteiger partial charge >= 0.3 is 5.97 Å². The van der Waals surface area contributed by atoms with E-state index in [1.54, 1.807) is 24.3 Å². The molecule has 4 nitrogen and oxygen atoms in total. The summed E-state index contributed by atoms with van der Waals surface area (Å²) >= 11 is 0. The third kappa shape index (κ3) is 2.54. The van der Waals surface area contributed by atoms with Crippen LogP contribution in [0.2, 0.25) is 0 Å². The Morgan fingerprint density at radius 3 is 2.54 bits per heavy atom. The maximum absolute atomic E-state index is 11.0. The minimum Gasteiger partial charge on any atom is -0.465 e. The van der Waals surface area contributed by atoms with Crippen molar-refractivity contribution in [3.63, 3.8) is 0 Å². The topological polar surface area (TPSA) is 58.6 Å². The smallest absolute Gasteiger partial charge is 0.337 e. The number of carbonyl (C=O) groups excluding carboxylic acids is 1. The molecule has 0 amide bonds. The number of ether oxygens (including phenoxy) is 1. The van der Waals surface area contributed by atoms with Crippen molar-refractivity contribution in [2.45, 2.75) is 6.54 Å². The van der Waals surface area contributed by atoms with Crippen LogP contribution in [0.4, 0.5) is 0 Å². The molecule has 1 aromatic rings. The Morgan fingerprint density at radius 1 is 1.46 bits per heavy atom. The van der Waals surface area contributed by atoms with Crippen molar-refractivity contribution in [3.8, 4) is 0 Å². The molecule has 13 heavy (non-hydrogen) atoms. The van der Waals surface area contributed by atoms with Crippen LogP contribution in [-0.4, -0.2) is 18.3 Å². The van der Waals surface area contributed by atoms with Gasteiger partial charge in [0.05, 0.1) is 12.7 Å². The SMILES string of the molecule is COC(=O)c1ccc(CNO)cc1. The van der Waals surface area contributed by atoms with Gasteiger partial charge < -0.3 is 9.94 Å². The van der Waals surface area contributed by atoms with Gasteiger partial charge in [-0.25, -0.2) is 10.3 Å². The van der Waals surface area contributed by atoms with Crippen molar-refractivity contribution in [2.75, 3.05) is 7.11 Å². The first-order valence-corrected chi connectivity index (χ1v) is 3.82. The summed E-state index contributed by atoms with van der Waals surface area (Å²) < 4.78 is 4.53. The Balaban J connectivity index is 2.75. The lowest BCUT2D eigenvalue weighted by Gasteiger charge is -2.01. The molecule has 0 saturated heterocycles. The fraction of sp³-hybridized carbons (Fsp3) is 0.222. The van der Waals surface area contributed by atoms with Gasteiger partial charge in [-0.2, -0.15) is 0 Å². The van der Waals surface area contributed by atoms with Gasteiger partial charge in [-0.05, 0) is 17.7 Å². The van der Waals surface area contributed by atoms with Crippen LogP contribution in [0.3, 0.4) is 0 Å². The third-order valence-electron chi connectivity index (χ3n) is 1.66. The second-order valence-electron chi connectivity index (χ2n) is 2.52. The molecule has 1 rings (SSSR count). The number of nitrogens with one attached hydrogen (secondary N) is 1. The van der Waals surface area contributed by atoms with Crippen LogP contribution in [0.15, 0.2) is 24.3 Å². The summed E-state index contributed by atoms with van der Waals surface area (Å²) in [4.78, 5) is 11.0. The van der Waals surface area contributed by atoms with Crippen LogP contribution < -0.4 is 5.48 Å². The first-order chi connectivity index (χ1) is 6.27. The minimum atomic E-state index is -0.358. The van der Waals surface area contributed by atoms with Crippen LogP contribution in [0.1, 0.15) is 15.9 Å². The van der Waals surface area contributed by atoms with Crippen molar-refractivity contribution in [1.82, 2.24) is 5.48 Å². The molecule has 0 atom stereocenters. The van der Waals surface area contributed by atoms with Gasteiger partial charge in [0.25, 0.3) is 0 Å². The summed E-state index contributed by atoms with van der Waals surface area (Å²) in [5.41, 5.74) is 3.43. The molecule has 0 bridgehead atoms. The second kappa shape index (κ2) is 4.59. The number of hydrogen-bond donors (Lipinski definition) is 2. The summed E-state index contributed by atoms with van der Waals surface area (Å²) in [7, 11) is 1.34. The van der Waals surface area contributed by atoms with Gasteiger partial charge in [-0.3, -0.25) is 0 Å². The van der Waals surface area contributed by atoms with Crippen LogP contribution in [0.5, 0.6) is 0 Å². The predicted octanol–water partition coefficient (Wildman–Crippen LogP) is 0.952. The van der Waals surface area contributed by atoms with Gasteiger partial charge in [0.1, 0.15) is 0 Å². The first kappa shape index (κ1) is 9.70. The maximum Gasteiger partial charge on any atom is 0.337 e. The number of hydroxylamine groups is 1. The average Bonchev–Trinajstić information content (AvgIpc) is 2.18. The summed E-state index contributed by atoms with van der Waals surface area (Å²) in [6, 6.07) is 6.79. The summed E-state index contributed by atoms with van der Waals surface area (Å²) in [6.07, 6.45) is 0. The zero-order chi connectivity index (χ0) is 9.68. The molecule has 0 fully saturated rings. The molecular formula is C9H11NO3. The zero-order valence-corrected chi connectivity index (χ0v) is 7.28. The molecule has 0 unspecified atom stereocenters. The van der Waals surface area contributed by atoms with Crippen LogP contribution in [-0.2, 0) is 11.3 Å². The molecule has 4 heteroatoms. The van der Waals surface area contributed by atoms with Gasteiger partial charge in [-0.1, -0.05) is 12.1 Å². The van der Waals surface area contributed by atoms with Gasteiger partial charge in [0.2, 0.25) is 0 Å². The van der Waals surface area contributed by atoms with Gasteiger partial charge in [0.15, 0.2) is 0 Å². The fourth-order valence-corrected chi connectivity index (χ4v) is 0.968. The van der Waals surface area contributed by atoms with E-state index in [4.69, 9.17) is 5.21 Å². The number of rotatable bonds is 3. The highest BCUT2D eigenvalue weighted by Crippen LogP contribution is 2.04. The number of esters is 1. The van der Waals surface area contributed by atoms with Crippen LogP contribution in [0.25, 0.3) is 0 Å². The first-order valence-electron chi connectivity index (χ1n) is 3.82. The maximum atomic E-state index is 11.0. The summed E-state index contributed by atoms with van der Waals surface area (Å²) in [6.45, 7) is 0.363. The van der Waals surface area contributed by atoms with E-state index in [2.05, 4.69) is 4.74 Å². The molecule has 0 aliphatic heterocycles. The molecule has 0 heterocycles. The van der Waals surface area contributed by atoms with Crippen molar-refractivity contribution in [1.29, 1.82) is 0 Å². The Kier molecular flexibility index (Phi) is 3.42. The Bertz CT molecular complexity index is 281. The van der Waals surface area contributed by atoms with E-state index >= 15 is 0 Å². The van der Waals surface area contributed by atoms with Gasteiger partial charge in [-0.15, -0.1) is 0 Å². The van der Waals surface area contributed by atoms with Gasteiger partial charge in [0, 0.05) is 6.54 Å². The number of carbonyl (C=O) groups is 1. The molecule has 0 aliphatic carbocycles. The molecule has 0 aromatic heterocycles. The highest BCUT2D eigenvalue weighted by Gasteiger charge is 2.03. The molecule has 2 N–H and O–H groups in total. The van der Waals surface area contributed by atoms with E-state index in [0.717, 1.165) is 5.56 Å². The Hall–Kier alpha value is -1.39. The third-order valence-corrected chi connectivity index (χ3v) is 1.66. The monoisotopic (exact) mass is 181 g/mol. The highest BCUT2D eigenvalue weighted by molar-refractivity contribution is 5.89. The fourth-order valence-electron chi connectivity index (χ4n) is 0.968. The quantitative estimate of drug-likeness (QED) is 0.538. The predicted molar refractivity (Wildman–Crippen MR) is 46.4 cm³/mol. The lowest BCUT2D eigenvalue weighted by Crippen LogP contribution is -2.06. The molecule has 0 aliphatic rings. The van der Waals surface area contributed by atoms with Crippen LogP contribution in [0, 0.1) is 0 Å². The summed E-state index contributed by atoms with van der Waals surface area (Å²) in [5, 5.41) is 8.40. The molecular weight excluding hydrogens is 170 g/mol. The Labute approximate surface area is 76.1 Å². The van der Waals surface area contributed by atoms with E-state index in [0.29, 0.717) is 12.1 Å². The van der Waals surface area contributed by atoms with Crippen LogP contribution >= 0.6 is 0 Å². The van der Waals surface area contributed by atoms with Crippen molar-refractivity contribution < 1.29 is 14.7 Å². The number of benzene rings is 1. The molecule has 0 saturated carbocycles. The Morgan fingerprint density at radius 2 is 2.08 bits per heavy atom. The van der Waals surface area contributed by atoms with Crippen molar-refractivity contribution in [2.24, 2.45) is 0 Å². The second-order valence-corrected chi connectivity index (χ2v) is 2.52.